The molecule has 0 aliphatic heterocycles. The van der Waals surface area contributed by atoms with Crippen LogP contribution in [0.1, 0.15) is 11.3 Å². The zero-order valence-electron chi connectivity index (χ0n) is 15.0. The Bertz CT molecular complexity index is 1130. The van der Waals surface area contributed by atoms with Crippen molar-refractivity contribution >= 4 is 16.7 Å². The van der Waals surface area contributed by atoms with Gasteiger partial charge in [0.25, 0.3) is 0 Å². The maximum atomic E-state index is 12.0. The normalized spacial score (nSPS) is 11.2. The highest BCUT2D eigenvalue weighted by atomic mass is 16.3. The molecule has 6 nitrogen and oxygen atoms in total. The zero-order chi connectivity index (χ0) is 18.3. The summed E-state index contributed by atoms with van der Waals surface area (Å²) in [4.78, 5) is 16.6. The number of oxazole rings is 1. The smallest absolute Gasteiger partial charge is 0.328 e. The first-order valence-corrected chi connectivity index (χ1v) is 8.44. The molecule has 0 unspecified atom stereocenters. The lowest BCUT2D eigenvalue weighted by atomic mass is 10.1. The Kier molecular flexibility index (Phi) is 3.88. The number of rotatable bonds is 4. The summed E-state index contributed by atoms with van der Waals surface area (Å²) >= 11 is 0. The lowest BCUT2D eigenvalue weighted by Crippen LogP contribution is -2.19. The van der Waals surface area contributed by atoms with Gasteiger partial charge in [0, 0.05) is 25.3 Å². The van der Waals surface area contributed by atoms with Crippen molar-refractivity contribution in [3.05, 3.63) is 70.5 Å². The molecule has 4 aromatic rings. The molecule has 0 radical (unpaired) electrons. The van der Waals surface area contributed by atoms with Crippen LogP contribution in [0.2, 0.25) is 0 Å². The Labute approximate surface area is 150 Å². The third kappa shape index (κ3) is 2.79. The van der Waals surface area contributed by atoms with Crippen molar-refractivity contribution < 1.29 is 4.42 Å². The Hall–Kier alpha value is -3.28. The zero-order valence-corrected chi connectivity index (χ0v) is 15.0. The number of anilines is 1. The molecule has 1 N–H and O–H groups in total. The van der Waals surface area contributed by atoms with Crippen LogP contribution in [0, 0.1) is 6.92 Å². The number of aromatic nitrogens is 3. The van der Waals surface area contributed by atoms with Crippen molar-refractivity contribution in [2.24, 2.45) is 14.1 Å². The van der Waals surface area contributed by atoms with Crippen molar-refractivity contribution in [3.8, 4) is 11.5 Å². The average molecular weight is 348 g/mol. The summed E-state index contributed by atoms with van der Waals surface area (Å²) in [5.41, 5.74) is 5.68. The van der Waals surface area contributed by atoms with E-state index in [-0.39, 0.29) is 5.69 Å². The van der Waals surface area contributed by atoms with Crippen LogP contribution in [0.3, 0.4) is 0 Å². The number of hydrogen-bond donors (Lipinski definition) is 1. The van der Waals surface area contributed by atoms with E-state index in [0.29, 0.717) is 12.4 Å². The maximum Gasteiger partial charge on any atom is 0.328 e. The Balaban J connectivity index is 1.52. The molecule has 0 atom stereocenters. The summed E-state index contributed by atoms with van der Waals surface area (Å²) in [5, 5.41) is 3.34. The van der Waals surface area contributed by atoms with Gasteiger partial charge in [0.15, 0.2) is 0 Å². The molecule has 26 heavy (non-hydrogen) atoms. The highest BCUT2D eigenvalue weighted by Crippen LogP contribution is 2.21. The van der Waals surface area contributed by atoms with Crippen molar-refractivity contribution in [2.75, 3.05) is 5.32 Å². The van der Waals surface area contributed by atoms with E-state index in [1.54, 1.807) is 29.5 Å². The van der Waals surface area contributed by atoms with Gasteiger partial charge >= 0.3 is 5.69 Å². The number of aryl methyl sites for hydroxylation is 3. The lowest BCUT2D eigenvalue weighted by molar-refractivity contribution is 0.573. The molecule has 0 fully saturated rings. The third-order valence-corrected chi connectivity index (χ3v) is 4.60. The van der Waals surface area contributed by atoms with E-state index in [1.807, 2.05) is 49.4 Å². The van der Waals surface area contributed by atoms with Crippen molar-refractivity contribution in [2.45, 2.75) is 13.5 Å². The van der Waals surface area contributed by atoms with E-state index >= 15 is 0 Å². The Morgan fingerprint density at radius 1 is 1.04 bits per heavy atom. The van der Waals surface area contributed by atoms with Crippen LogP contribution < -0.4 is 11.0 Å². The summed E-state index contributed by atoms with van der Waals surface area (Å²) in [6.07, 6.45) is 1.67. The van der Waals surface area contributed by atoms with Crippen molar-refractivity contribution in [3.63, 3.8) is 0 Å². The second-order valence-corrected chi connectivity index (χ2v) is 6.47. The number of benzene rings is 2. The molecule has 132 valence electrons. The number of hydrogen-bond acceptors (Lipinski definition) is 4. The number of imidazole rings is 1. The second-order valence-electron chi connectivity index (χ2n) is 6.47. The summed E-state index contributed by atoms with van der Waals surface area (Å²) in [5.74, 6) is 0.614. The van der Waals surface area contributed by atoms with Crippen LogP contribution in [0.15, 0.2) is 57.9 Å². The van der Waals surface area contributed by atoms with E-state index in [0.717, 1.165) is 28.0 Å². The molecular formula is C20H20N4O2. The van der Waals surface area contributed by atoms with Crippen LogP contribution in [0.5, 0.6) is 0 Å². The molecule has 0 spiro atoms. The van der Waals surface area contributed by atoms with Gasteiger partial charge in [-0.3, -0.25) is 9.13 Å². The molecule has 0 aliphatic carbocycles. The van der Waals surface area contributed by atoms with Gasteiger partial charge in [0.2, 0.25) is 5.89 Å². The first-order valence-electron chi connectivity index (χ1n) is 8.44. The lowest BCUT2D eigenvalue weighted by Gasteiger charge is -2.05. The van der Waals surface area contributed by atoms with Gasteiger partial charge in [-0.05, 0) is 37.3 Å². The molecule has 0 saturated carbocycles. The van der Waals surface area contributed by atoms with E-state index < -0.39 is 0 Å². The van der Waals surface area contributed by atoms with Crippen LogP contribution in [-0.4, -0.2) is 14.1 Å². The molecule has 0 bridgehead atoms. The Morgan fingerprint density at radius 2 is 1.77 bits per heavy atom. The number of fused-ring (bicyclic) bond motifs is 1. The molecule has 2 heterocycles. The fraction of sp³-hybridized carbons (Fsp3) is 0.200. The first-order chi connectivity index (χ1) is 12.5. The molecule has 2 aromatic carbocycles. The third-order valence-electron chi connectivity index (χ3n) is 4.60. The van der Waals surface area contributed by atoms with Crippen molar-refractivity contribution in [1.29, 1.82) is 0 Å². The summed E-state index contributed by atoms with van der Waals surface area (Å²) in [6.45, 7) is 2.59. The van der Waals surface area contributed by atoms with Crippen LogP contribution in [0.4, 0.5) is 5.69 Å². The molecule has 0 saturated heterocycles. The monoisotopic (exact) mass is 348 g/mol. The minimum Gasteiger partial charge on any atom is -0.444 e. The van der Waals surface area contributed by atoms with E-state index in [1.165, 1.54) is 5.56 Å². The molecule has 4 rings (SSSR count). The maximum absolute atomic E-state index is 12.0. The second kappa shape index (κ2) is 6.22. The van der Waals surface area contributed by atoms with Crippen LogP contribution in [-0.2, 0) is 20.6 Å². The molecule has 0 amide bonds. The molecular weight excluding hydrogens is 328 g/mol. The first kappa shape index (κ1) is 16.2. The van der Waals surface area contributed by atoms with Gasteiger partial charge in [-0.1, -0.05) is 17.7 Å². The molecule has 2 aromatic heterocycles. The summed E-state index contributed by atoms with van der Waals surface area (Å²) in [7, 11) is 3.56. The number of nitrogens with one attached hydrogen (secondary N) is 1. The minimum absolute atomic E-state index is 0.0311. The number of nitrogens with zero attached hydrogens (tertiary/aromatic N) is 3. The molecule has 6 heteroatoms. The van der Waals surface area contributed by atoms with Gasteiger partial charge in [-0.2, -0.15) is 0 Å². The summed E-state index contributed by atoms with van der Waals surface area (Å²) < 4.78 is 8.88. The van der Waals surface area contributed by atoms with Gasteiger partial charge in [0.1, 0.15) is 6.26 Å². The van der Waals surface area contributed by atoms with Gasteiger partial charge in [0.05, 0.1) is 23.3 Å². The fourth-order valence-corrected chi connectivity index (χ4v) is 3.03. The predicted molar refractivity (Wildman–Crippen MR) is 102 cm³/mol. The largest absolute Gasteiger partial charge is 0.444 e. The van der Waals surface area contributed by atoms with Crippen LogP contribution in [0.25, 0.3) is 22.5 Å². The summed E-state index contributed by atoms with van der Waals surface area (Å²) in [6, 6.07) is 14.0. The quantitative estimate of drug-likeness (QED) is 0.613. The SMILES string of the molecule is Cc1ccc(-c2nc(CNc3ccc4c(c3)n(C)c(=O)n4C)co2)cc1. The average Bonchev–Trinajstić information content (AvgIpc) is 3.21. The standard InChI is InChI=1S/C20H20N4O2/c1-13-4-6-14(7-5-13)19-22-16(12-26-19)11-21-15-8-9-17-18(10-15)24(3)20(25)23(17)2/h4-10,12,21H,11H2,1-3H3. The van der Waals surface area contributed by atoms with Crippen LogP contribution >= 0.6 is 0 Å². The fourth-order valence-electron chi connectivity index (χ4n) is 3.03. The Morgan fingerprint density at radius 3 is 2.54 bits per heavy atom. The van der Waals surface area contributed by atoms with Crippen molar-refractivity contribution in [1.82, 2.24) is 14.1 Å². The topological polar surface area (TPSA) is 65.0 Å². The predicted octanol–water partition coefficient (Wildman–Crippen LogP) is 3.45. The van der Waals surface area contributed by atoms with Gasteiger partial charge < -0.3 is 9.73 Å². The highest BCUT2D eigenvalue weighted by molar-refractivity contribution is 5.80. The van der Waals surface area contributed by atoms with Gasteiger partial charge in [-0.25, -0.2) is 9.78 Å². The van der Waals surface area contributed by atoms with E-state index in [2.05, 4.69) is 10.3 Å². The van der Waals surface area contributed by atoms with E-state index in [4.69, 9.17) is 4.42 Å². The van der Waals surface area contributed by atoms with Gasteiger partial charge in [-0.15, -0.1) is 0 Å². The van der Waals surface area contributed by atoms with E-state index in [9.17, 15) is 4.79 Å². The minimum atomic E-state index is -0.0311. The molecule has 0 aliphatic rings. The highest BCUT2D eigenvalue weighted by Gasteiger charge is 2.09.